The molecule has 0 unspecified atom stereocenters. The third-order valence-corrected chi connectivity index (χ3v) is 5.78. The fourth-order valence-electron chi connectivity index (χ4n) is 4.73. The van der Waals surface area contributed by atoms with E-state index in [2.05, 4.69) is 0 Å². The van der Waals surface area contributed by atoms with E-state index in [0.717, 1.165) is 16.5 Å². The first-order valence-electron chi connectivity index (χ1n) is 9.37. The predicted octanol–water partition coefficient (Wildman–Crippen LogP) is 3.08. The molecule has 0 aromatic heterocycles. The summed E-state index contributed by atoms with van der Waals surface area (Å²) in [5.41, 5.74) is 0.123. The van der Waals surface area contributed by atoms with Crippen LogP contribution in [0, 0.1) is 11.8 Å². The van der Waals surface area contributed by atoms with Crippen molar-refractivity contribution in [2.75, 3.05) is 11.4 Å². The third-order valence-electron chi connectivity index (χ3n) is 5.78. The fourth-order valence-corrected chi connectivity index (χ4v) is 4.73. The number of carbonyl (C=O) groups excluding carboxylic acids is 2. The zero-order valence-electron chi connectivity index (χ0n) is 15.3. The smallest absolute Gasteiger partial charge is 0.313 e. The Morgan fingerprint density at radius 2 is 2.00 bits per heavy atom. The van der Waals surface area contributed by atoms with Crippen LogP contribution in [-0.2, 0) is 19.1 Å². The molecule has 2 aromatic carbocycles. The fraction of sp³-hybridized carbons (Fsp3) is 0.364. The number of fused-ring (bicyclic) bond motifs is 2. The summed E-state index contributed by atoms with van der Waals surface area (Å²) < 4.78 is 11.6. The molecular formula is C22H21NO4. The number of rotatable bonds is 3. The van der Waals surface area contributed by atoms with Gasteiger partial charge in [0.1, 0.15) is 11.5 Å². The highest BCUT2D eigenvalue weighted by Crippen LogP contribution is 2.53. The molecule has 0 aliphatic carbocycles. The number of amides is 1. The van der Waals surface area contributed by atoms with Gasteiger partial charge in [0.25, 0.3) is 0 Å². The van der Waals surface area contributed by atoms with Gasteiger partial charge in [0.05, 0.1) is 30.4 Å². The lowest BCUT2D eigenvalue weighted by Crippen LogP contribution is -2.40. The van der Waals surface area contributed by atoms with Gasteiger partial charge >= 0.3 is 5.97 Å². The normalized spacial score (nSPS) is 31.1. The number of hydrogen-bond donors (Lipinski definition) is 0. The average Bonchev–Trinajstić information content (AvgIpc) is 3.29. The Bertz CT molecular complexity index is 976. The van der Waals surface area contributed by atoms with Gasteiger partial charge in [-0.25, -0.2) is 0 Å². The molecule has 0 radical (unpaired) electrons. The SMILES string of the molecule is CC(C)OC(=O)[C@@H]1[C@H]2C=C[C@@]3(CN(c4cccc5ccccc45)C(=O)[C@@H]13)O2. The third kappa shape index (κ3) is 2.28. The van der Waals surface area contributed by atoms with E-state index in [0.29, 0.717) is 6.54 Å². The summed E-state index contributed by atoms with van der Waals surface area (Å²) in [6, 6.07) is 13.9. The molecule has 1 spiro atoms. The first-order chi connectivity index (χ1) is 13.0. The second kappa shape index (κ2) is 5.67. The maximum absolute atomic E-state index is 13.4. The van der Waals surface area contributed by atoms with Crippen molar-refractivity contribution < 1.29 is 19.1 Å². The number of anilines is 1. The number of ether oxygens (including phenoxy) is 2. The van der Waals surface area contributed by atoms with E-state index in [1.54, 1.807) is 4.90 Å². The number of benzene rings is 2. The van der Waals surface area contributed by atoms with Gasteiger partial charge in [-0.05, 0) is 25.3 Å². The zero-order chi connectivity index (χ0) is 18.8. The van der Waals surface area contributed by atoms with Crippen LogP contribution >= 0.6 is 0 Å². The Balaban J connectivity index is 1.55. The van der Waals surface area contributed by atoms with Crippen molar-refractivity contribution in [1.29, 1.82) is 0 Å². The number of hydrogen-bond acceptors (Lipinski definition) is 4. The lowest BCUT2D eigenvalue weighted by molar-refractivity contribution is -0.156. The van der Waals surface area contributed by atoms with Gasteiger partial charge < -0.3 is 14.4 Å². The summed E-state index contributed by atoms with van der Waals surface area (Å²) in [6.45, 7) is 4.05. The van der Waals surface area contributed by atoms with E-state index in [9.17, 15) is 9.59 Å². The molecule has 1 amide bonds. The molecule has 3 heterocycles. The highest BCUT2D eigenvalue weighted by Gasteiger charge is 2.67. The quantitative estimate of drug-likeness (QED) is 0.621. The van der Waals surface area contributed by atoms with Gasteiger partial charge in [0.2, 0.25) is 5.91 Å². The Hall–Kier alpha value is -2.66. The Labute approximate surface area is 157 Å². The highest BCUT2D eigenvalue weighted by atomic mass is 16.6. The lowest BCUT2D eigenvalue weighted by atomic mass is 9.77. The zero-order valence-corrected chi connectivity index (χ0v) is 15.3. The summed E-state index contributed by atoms with van der Waals surface area (Å²) in [6.07, 6.45) is 3.27. The van der Waals surface area contributed by atoms with Crippen molar-refractivity contribution in [3.8, 4) is 0 Å². The second-order valence-electron chi connectivity index (χ2n) is 7.81. The van der Waals surface area contributed by atoms with Crippen LogP contribution in [0.15, 0.2) is 54.6 Å². The Morgan fingerprint density at radius 3 is 2.81 bits per heavy atom. The van der Waals surface area contributed by atoms with E-state index in [1.807, 2.05) is 68.5 Å². The standard InChI is InChI=1S/C22H21NO4/c1-13(2)26-21(25)18-17-10-11-22(27-17)12-23(20(24)19(18)22)16-9-5-7-14-6-3-4-8-15(14)16/h3-11,13,17-19H,12H2,1-2H3/t17-,18-,19-,22+/m1/s1. The Kier molecular flexibility index (Phi) is 3.46. The molecule has 27 heavy (non-hydrogen) atoms. The molecule has 5 nitrogen and oxygen atoms in total. The number of carbonyl (C=O) groups is 2. The van der Waals surface area contributed by atoms with E-state index in [4.69, 9.17) is 9.47 Å². The monoisotopic (exact) mass is 363 g/mol. The molecule has 2 fully saturated rings. The maximum atomic E-state index is 13.4. The van der Waals surface area contributed by atoms with Gasteiger partial charge in [-0.2, -0.15) is 0 Å². The van der Waals surface area contributed by atoms with E-state index >= 15 is 0 Å². The Morgan fingerprint density at radius 1 is 1.22 bits per heavy atom. The molecule has 0 saturated carbocycles. The average molecular weight is 363 g/mol. The van der Waals surface area contributed by atoms with Crippen molar-refractivity contribution in [2.45, 2.75) is 31.7 Å². The van der Waals surface area contributed by atoms with Gasteiger partial charge in [0.15, 0.2) is 0 Å². The molecule has 5 rings (SSSR count). The van der Waals surface area contributed by atoms with E-state index < -0.39 is 17.4 Å². The molecular weight excluding hydrogens is 342 g/mol. The van der Waals surface area contributed by atoms with E-state index in [1.165, 1.54) is 0 Å². The van der Waals surface area contributed by atoms with Crippen LogP contribution in [0.25, 0.3) is 10.8 Å². The molecule has 4 atom stereocenters. The molecule has 2 bridgehead atoms. The van der Waals surface area contributed by atoms with Crippen molar-refractivity contribution in [2.24, 2.45) is 11.8 Å². The van der Waals surface area contributed by atoms with Crippen LogP contribution < -0.4 is 4.90 Å². The first-order valence-corrected chi connectivity index (χ1v) is 9.37. The summed E-state index contributed by atoms with van der Waals surface area (Å²) in [7, 11) is 0. The molecule has 2 saturated heterocycles. The minimum atomic E-state index is -0.737. The second-order valence-corrected chi connectivity index (χ2v) is 7.81. The van der Waals surface area contributed by atoms with Crippen molar-refractivity contribution in [3.05, 3.63) is 54.6 Å². The van der Waals surface area contributed by atoms with Crippen LogP contribution in [0.5, 0.6) is 0 Å². The largest absolute Gasteiger partial charge is 0.463 e. The summed E-state index contributed by atoms with van der Waals surface area (Å²) >= 11 is 0. The van der Waals surface area contributed by atoms with Crippen LogP contribution in [0.2, 0.25) is 0 Å². The van der Waals surface area contributed by atoms with Crippen molar-refractivity contribution >= 4 is 28.3 Å². The molecule has 3 aliphatic rings. The summed E-state index contributed by atoms with van der Waals surface area (Å²) in [4.78, 5) is 27.9. The molecule has 138 valence electrons. The first kappa shape index (κ1) is 16.5. The van der Waals surface area contributed by atoms with Gasteiger partial charge in [0, 0.05) is 5.39 Å². The van der Waals surface area contributed by atoms with Crippen LogP contribution in [0.1, 0.15) is 13.8 Å². The topological polar surface area (TPSA) is 55.8 Å². The molecule has 3 aliphatic heterocycles. The molecule has 2 aromatic rings. The summed E-state index contributed by atoms with van der Waals surface area (Å²) in [5, 5.41) is 2.10. The van der Waals surface area contributed by atoms with E-state index in [-0.39, 0.29) is 24.1 Å². The lowest BCUT2D eigenvalue weighted by Gasteiger charge is -2.23. The molecule has 5 heteroatoms. The van der Waals surface area contributed by atoms with Crippen LogP contribution in [0.4, 0.5) is 5.69 Å². The maximum Gasteiger partial charge on any atom is 0.313 e. The highest BCUT2D eigenvalue weighted by molar-refractivity contribution is 6.08. The number of esters is 1. The van der Waals surface area contributed by atoms with Gasteiger partial charge in [-0.1, -0.05) is 48.6 Å². The van der Waals surface area contributed by atoms with Crippen molar-refractivity contribution in [1.82, 2.24) is 0 Å². The van der Waals surface area contributed by atoms with Crippen LogP contribution in [-0.4, -0.2) is 36.2 Å². The molecule has 0 N–H and O–H groups in total. The minimum Gasteiger partial charge on any atom is -0.463 e. The number of nitrogens with zero attached hydrogens (tertiary/aromatic N) is 1. The van der Waals surface area contributed by atoms with Gasteiger partial charge in [-0.3, -0.25) is 9.59 Å². The van der Waals surface area contributed by atoms with Crippen molar-refractivity contribution in [3.63, 3.8) is 0 Å². The summed E-state index contributed by atoms with van der Waals surface area (Å²) in [5.74, 6) is -1.52. The minimum absolute atomic E-state index is 0.0658. The predicted molar refractivity (Wildman–Crippen MR) is 101 cm³/mol. The van der Waals surface area contributed by atoms with Crippen LogP contribution in [0.3, 0.4) is 0 Å². The van der Waals surface area contributed by atoms with Gasteiger partial charge in [-0.15, -0.1) is 0 Å².